The number of aromatic nitrogens is 1. The molecule has 1 aliphatic carbocycles. The lowest BCUT2D eigenvalue weighted by molar-refractivity contribution is 0.100. The van der Waals surface area contributed by atoms with Crippen molar-refractivity contribution in [2.24, 2.45) is 5.73 Å². The molecule has 1 aromatic heterocycles. The molecule has 1 aliphatic heterocycles. The molecule has 0 saturated heterocycles. The van der Waals surface area contributed by atoms with Crippen LogP contribution in [0.1, 0.15) is 36.0 Å². The highest BCUT2D eigenvalue weighted by atomic mass is 16.1. The molecule has 3 rings (SSSR count). The fraction of sp³-hybridized carbons (Fsp3) is 0.350. The Balaban J connectivity index is 1.87. The molecule has 7 N–H and O–H groups in total. The summed E-state index contributed by atoms with van der Waals surface area (Å²) in [7, 11) is 1.98. The maximum atomic E-state index is 11.9. The summed E-state index contributed by atoms with van der Waals surface area (Å²) >= 11 is 0. The molecule has 148 valence electrons. The van der Waals surface area contributed by atoms with Crippen molar-refractivity contribution in [2.45, 2.75) is 37.8 Å². The second-order valence-corrected chi connectivity index (χ2v) is 6.85. The van der Waals surface area contributed by atoms with Gasteiger partial charge in [0, 0.05) is 24.5 Å². The summed E-state index contributed by atoms with van der Waals surface area (Å²) in [5, 5.41) is 20.7. The highest BCUT2D eigenvalue weighted by Gasteiger charge is 2.24. The largest absolute Gasteiger partial charge is 0.366 e. The number of allylic oxidation sites excluding steroid dienone is 4. The first-order valence-electron chi connectivity index (χ1n) is 9.48. The van der Waals surface area contributed by atoms with Gasteiger partial charge in [0.1, 0.15) is 11.6 Å². The molecule has 8 heteroatoms. The van der Waals surface area contributed by atoms with Gasteiger partial charge in [-0.15, -0.1) is 0 Å². The molecule has 1 saturated carbocycles. The molecule has 1 amide bonds. The third kappa shape index (κ3) is 4.58. The Kier molecular flexibility index (Phi) is 6.44. The van der Waals surface area contributed by atoms with Crippen LogP contribution in [-0.4, -0.2) is 36.2 Å². The number of carbonyl (C=O) groups excluding carboxylic acids is 1. The number of hydrogen-bond donors (Lipinski definition) is 6. The zero-order valence-corrected chi connectivity index (χ0v) is 16.0. The molecular formula is C20H27N7O. The van der Waals surface area contributed by atoms with E-state index in [2.05, 4.69) is 26.3 Å². The highest BCUT2D eigenvalue weighted by Crippen LogP contribution is 2.24. The van der Waals surface area contributed by atoms with E-state index in [1.807, 2.05) is 25.3 Å². The minimum atomic E-state index is -0.575. The van der Waals surface area contributed by atoms with E-state index in [9.17, 15) is 4.79 Å². The van der Waals surface area contributed by atoms with Gasteiger partial charge in [-0.3, -0.25) is 4.79 Å². The highest BCUT2D eigenvalue weighted by molar-refractivity contribution is 5.99. The number of amides is 1. The van der Waals surface area contributed by atoms with Crippen LogP contribution in [0.2, 0.25) is 0 Å². The van der Waals surface area contributed by atoms with E-state index in [-0.39, 0.29) is 11.6 Å². The quantitative estimate of drug-likeness (QED) is 0.401. The van der Waals surface area contributed by atoms with Crippen LogP contribution in [0.25, 0.3) is 0 Å². The van der Waals surface area contributed by atoms with Crippen LogP contribution in [0.5, 0.6) is 0 Å². The lowest BCUT2D eigenvalue weighted by Gasteiger charge is -2.32. The van der Waals surface area contributed by atoms with Crippen LogP contribution in [-0.2, 0) is 0 Å². The maximum absolute atomic E-state index is 11.9. The molecule has 8 nitrogen and oxygen atoms in total. The number of pyridine rings is 1. The maximum Gasteiger partial charge on any atom is 0.252 e. The zero-order chi connectivity index (χ0) is 19.9. The van der Waals surface area contributed by atoms with Crippen LogP contribution in [0.15, 0.2) is 48.0 Å². The van der Waals surface area contributed by atoms with Gasteiger partial charge >= 0.3 is 0 Å². The van der Waals surface area contributed by atoms with E-state index in [0.717, 1.165) is 12.8 Å². The Labute approximate surface area is 164 Å². The predicted octanol–water partition coefficient (Wildman–Crippen LogP) is 2.07. The van der Waals surface area contributed by atoms with Gasteiger partial charge in [-0.2, -0.15) is 0 Å². The predicted molar refractivity (Wildman–Crippen MR) is 112 cm³/mol. The summed E-state index contributed by atoms with van der Waals surface area (Å²) in [4.78, 5) is 16.4. The van der Waals surface area contributed by atoms with Crippen LogP contribution >= 0.6 is 0 Å². The first-order chi connectivity index (χ1) is 13.6. The topological polar surface area (TPSA) is 128 Å². The number of nitrogens with two attached hydrogens (primary N) is 1. The van der Waals surface area contributed by atoms with Gasteiger partial charge in [0.25, 0.3) is 5.91 Å². The molecular weight excluding hydrogens is 354 g/mol. The third-order valence-corrected chi connectivity index (χ3v) is 5.03. The van der Waals surface area contributed by atoms with Crippen molar-refractivity contribution < 1.29 is 4.79 Å². The van der Waals surface area contributed by atoms with Crippen molar-refractivity contribution in [2.75, 3.05) is 17.7 Å². The van der Waals surface area contributed by atoms with Gasteiger partial charge in [0.15, 0.2) is 0 Å². The number of likely N-dealkylation sites (N-methyl/N-ethyl adjacent to an activating group) is 1. The van der Waals surface area contributed by atoms with E-state index in [0.29, 0.717) is 29.1 Å². The SMILES string of the molecule is CNC1CCCC[C@H]1Nc1ccc(C(N)=O)c(N/C(C=N)=C2\C=CC=CN2)n1. The molecule has 0 bridgehead atoms. The van der Waals surface area contributed by atoms with Gasteiger partial charge in [-0.1, -0.05) is 18.9 Å². The smallest absolute Gasteiger partial charge is 0.252 e. The number of anilines is 2. The fourth-order valence-corrected chi connectivity index (χ4v) is 3.54. The van der Waals surface area contributed by atoms with Crippen LogP contribution in [0, 0.1) is 5.41 Å². The van der Waals surface area contributed by atoms with Crippen molar-refractivity contribution in [3.63, 3.8) is 0 Å². The van der Waals surface area contributed by atoms with Crippen molar-refractivity contribution >= 4 is 23.8 Å². The normalized spacial score (nSPS) is 22.9. The Hall–Kier alpha value is -3.13. The minimum Gasteiger partial charge on any atom is -0.366 e. The molecule has 2 heterocycles. The standard InChI is InChI=1S/C20H27N7O/c1-23-14-6-2-3-8-16(14)25-18-10-9-13(19(22)28)20(27-18)26-17(12-21)15-7-4-5-11-24-15/h4-5,7,9-12,14,16,21,23-24H,2-3,6,8H2,1H3,(H2,22,28)(H2,25,26,27)/b17-15+,21-12?/t14?,16-/m1/s1. The number of dihydropyridines is 1. The second-order valence-electron chi connectivity index (χ2n) is 6.85. The van der Waals surface area contributed by atoms with Crippen LogP contribution in [0.3, 0.4) is 0 Å². The summed E-state index contributed by atoms with van der Waals surface area (Å²) in [6.45, 7) is 0. The van der Waals surface area contributed by atoms with Crippen molar-refractivity contribution in [1.29, 1.82) is 5.41 Å². The van der Waals surface area contributed by atoms with Crippen molar-refractivity contribution in [1.82, 2.24) is 15.6 Å². The molecule has 28 heavy (non-hydrogen) atoms. The number of primary amides is 1. The molecule has 0 aromatic carbocycles. The van der Waals surface area contributed by atoms with Crippen LogP contribution < -0.4 is 27.0 Å². The number of hydrogen-bond acceptors (Lipinski definition) is 7. The van der Waals surface area contributed by atoms with Gasteiger partial charge in [0.2, 0.25) is 0 Å². The molecule has 0 spiro atoms. The van der Waals surface area contributed by atoms with Gasteiger partial charge in [0.05, 0.1) is 17.0 Å². The molecule has 2 aliphatic rings. The number of carbonyl (C=O) groups is 1. The van der Waals surface area contributed by atoms with Gasteiger partial charge in [-0.05, 0) is 44.2 Å². The second kappa shape index (κ2) is 9.18. The summed E-state index contributed by atoms with van der Waals surface area (Å²) in [5.74, 6) is 0.416. The monoisotopic (exact) mass is 381 g/mol. The van der Waals surface area contributed by atoms with E-state index in [1.54, 1.807) is 18.3 Å². The average molecular weight is 381 g/mol. The van der Waals surface area contributed by atoms with E-state index in [1.165, 1.54) is 19.1 Å². The fourth-order valence-electron chi connectivity index (χ4n) is 3.54. The van der Waals surface area contributed by atoms with Crippen molar-refractivity contribution in [3.05, 3.63) is 53.5 Å². The molecule has 0 radical (unpaired) electrons. The molecule has 1 fully saturated rings. The van der Waals surface area contributed by atoms with Gasteiger partial charge < -0.3 is 32.4 Å². The first-order valence-corrected chi connectivity index (χ1v) is 9.48. The molecule has 1 aromatic rings. The molecule has 2 atom stereocenters. The Morgan fingerprint density at radius 3 is 2.71 bits per heavy atom. The van der Waals surface area contributed by atoms with E-state index < -0.39 is 5.91 Å². The van der Waals surface area contributed by atoms with Crippen LogP contribution in [0.4, 0.5) is 11.6 Å². The average Bonchev–Trinajstić information content (AvgIpc) is 2.73. The summed E-state index contributed by atoms with van der Waals surface area (Å²) < 4.78 is 0. The van der Waals surface area contributed by atoms with E-state index in [4.69, 9.17) is 11.1 Å². The molecule has 1 unspecified atom stereocenters. The third-order valence-electron chi connectivity index (χ3n) is 5.03. The van der Waals surface area contributed by atoms with Gasteiger partial charge in [-0.25, -0.2) is 4.98 Å². The number of rotatable bonds is 7. The lowest BCUT2D eigenvalue weighted by atomic mass is 9.90. The summed E-state index contributed by atoms with van der Waals surface area (Å²) in [5.41, 5.74) is 6.99. The number of nitrogens with one attached hydrogen (secondary N) is 5. The minimum absolute atomic E-state index is 0.271. The number of nitrogens with zero attached hydrogens (tertiary/aromatic N) is 1. The Bertz CT molecular complexity index is 828. The Morgan fingerprint density at radius 1 is 1.29 bits per heavy atom. The zero-order valence-electron chi connectivity index (χ0n) is 16.0. The summed E-state index contributed by atoms with van der Waals surface area (Å²) in [6.07, 6.45) is 13.1. The summed E-state index contributed by atoms with van der Waals surface area (Å²) in [6, 6.07) is 4.08. The first kappa shape index (κ1) is 19.6. The lowest BCUT2D eigenvalue weighted by Crippen LogP contribution is -2.44. The van der Waals surface area contributed by atoms with Crippen molar-refractivity contribution in [3.8, 4) is 0 Å². The van der Waals surface area contributed by atoms with E-state index >= 15 is 0 Å². The Morgan fingerprint density at radius 2 is 2.07 bits per heavy atom.